The third-order valence-corrected chi connectivity index (χ3v) is 8.60. The van der Waals surface area contributed by atoms with Crippen molar-refractivity contribution < 1.29 is 9.84 Å². The highest BCUT2D eigenvalue weighted by molar-refractivity contribution is 5.49. The van der Waals surface area contributed by atoms with Crippen LogP contribution in [0.4, 0.5) is 0 Å². The second-order valence-corrected chi connectivity index (χ2v) is 10.1. The second kappa shape index (κ2) is 5.49. The van der Waals surface area contributed by atoms with Crippen LogP contribution < -0.4 is 10.1 Å². The Kier molecular flexibility index (Phi) is 3.42. The summed E-state index contributed by atoms with van der Waals surface area (Å²) in [5.41, 5.74) is 2.27. The van der Waals surface area contributed by atoms with Gasteiger partial charge in [0.15, 0.2) is 0 Å². The van der Waals surface area contributed by atoms with Crippen LogP contribution in [0.2, 0.25) is 0 Å². The molecule has 146 valence electrons. The molecule has 2 bridgehead atoms. The Morgan fingerprint density at radius 1 is 1.22 bits per heavy atom. The maximum absolute atomic E-state index is 12.5. The number of rotatable bonds is 3. The Hall–Kier alpha value is -1.10. The molecule has 0 amide bonds. The number of aliphatic hydroxyl groups is 1. The molecule has 2 saturated heterocycles. The van der Waals surface area contributed by atoms with Crippen LogP contribution in [-0.2, 0) is 11.8 Å². The first-order valence-electron chi connectivity index (χ1n) is 11.0. The number of benzene rings is 1. The maximum atomic E-state index is 12.5. The first kappa shape index (κ1) is 16.8. The predicted molar refractivity (Wildman–Crippen MR) is 105 cm³/mol. The lowest BCUT2D eigenvalue weighted by Crippen LogP contribution is -2.72. The predicted octanol–water partition coefficient (Wildman–Crippen LogP) is 2.62. The number of hydrogen-bond donors (Lipinski definition) is 2. The molecule has 3 atom stereocenters. The summed E-state index contributed by atoms with van der Waals surface area (Å²) in [5, 5.41) is 16.3. The van der Waals surface area contributed by atoms with Crippen LogP contribution in [0.5, 0.6) is 5.75 Å². The third-order valence-electron chi connectivity index (χ3n) is 8.60. The second-order valence-electron chi connectivity index (χ2n) is 10.1. The minimum absolute atomic E-state index is 0.126. The lowest BCUT2D eigenvalue weighted by Gasteiger charge is -2.62. The first-order valence-corrected chi connectivity index (χ1v) is 11.0. The van der Waals surface area contributed by atoms with E-state index in [0.717, 1.165) is 50.4 Å². The molecule has 1 aromatic carbocycles. The summed E-state index contributed by atoms with van der Waals surface area (Å²) in [5.74, 6) is 1.81. The largest absolute Gasteiger partial charge is 0.497 e. The van der Waals surface area contributed by atoms with E-state index in [9.17, 15) is 5.11 Å². The molecule has 5 aliphatic rings. The van der Waals surface area contributed by atoms with Gasteiger partial charge in [0.25, 0.3) is 0 Å². The van der Waals surface area contributed by atoms with Crippen molar-refractivity contribution in [1.82, 2.24) is 10.2 Å². The third kappa shape index (κ3) is 2.33. The summed E-state index contributed by atoms with van der Waals surface area (Å²) in [6.07, 6.45) is 9.24. The van der Waals surface area contributed by atoms with E-state index in [2.05, 4.69) is 28.4 Å². The molecule has 4 fully saturated rings. The van der Waals surface area contributed by atoms with Gasteiger partial charge in [-0.2, -0.15) is 0 Å². The maximum Gasteiger partial charge on any atom is 0.119 e. The van der Waals surface area contributed by atoms with Gasteiger partial charge >= 0.3 is 0 Å². The Bertz CT molecular complexity index is 772. The smallest absolute Gasteiger partial charge is 0.119 e. The fourth-order valence-electron chi connectivity index (χ4n) is 6.75. The van der Waals surface area contributed by atoms with Crippen LogP contribution in [0.1, 0.15) is 56.1 Å². The SMILES string of the molecule is COc1ccc2c(c1)[C@@]13CCNC4(CC4)C[C@@]1(O)[C@@H](C2)N(CC1CC1)CC3. The fraction of sp³-hybridized carbons (Fsp3) is 0.739. The number of methoxy groups -OCH3 is 1. The lowest BCUT2D eigenvalue weighted by atomic mass is 9.52. The van der Waals surface area contributed by atoms with Crippen molar-refractivity contribution in [3.63, 3.8) is 0 Å². The summed E-state index contributed by atoms with van der Waals surface area (Å²) in [6, 6.07) is 6.90. The van der Waals surface area contributed by atoms with E-state index in [0.29, 0.717) is 0 Å². The zero-order chi connectivity index (χ0) is 18.3. The van der Waals surface area contributed by atoms with Gasteiger partial charge in [-0.15, -0.1) is 0 Å². The number of hydrogen-bond acceptors (Lipinski definition) is 4. The van der Waals surface area contributed by atoms with Crippen LogP contribution in [0.25, 0.3) is 0 Å². The molecule has 1 spiro atoms. The number of nitrogens with one attached hydrogen (secondary N) is 1. The molecule has 1 aromatic rings. The Morgan fingerprint density at radius 3 is 2.81 bits per heavy atom. The topological polar surface area (TPSA) is 44.7 Å². The molecular formula is C23H32N2O2. The van der Waals surface area contributed by atoms with E-state index in [-0.39, 0.29) is 17.0 Å². The highest BCUT2D eigenvalue weighted by atomic mass is 16.5. The first-order chi connectivity index (χ1) is 13.1. The molecule has 2 aliphatic heterocycles. The van der Waals surface area contributed by atoms with E-state index in [1.54, 1.807) is 7.11 Å². The van der Waals surface area contributed by atoms with E-state index in [1.807, 2.05) is 0 Å². The van der Waals surface area contributed by atoms with Gasteiger partial charge in [0.2, 0.25) is 0 Å². The zero-order valence-corrected chi connectivity index (χ0v) is 16.5. The number of piperidine rings is 1. The van der Waals surface area contributed by atoms with Crippen molar-refractivity contribution in [2.24, 2.45) is 5.92 Å². The fourth-order valence-corrected chi connectivity index (χ4v) is 6.75. The molecular weight excluding hydrogens is 336 g/mol. The minimum atomic E-state index is -0.625. The van der Waals surface area contributed by atoms with E-state index < -0.39 is 5.60 Å². The molecule has 27 heavy (non-hydrogen) atoms. The van der Waals surface area contributed by atoms with Gasteiger partial charge in [-0.25, -0.2) is 0 Å². The van der Waals surface area contributed by atoms with E-state index in [1.165, 1.54) is 43.4 Å². The van der Waals surface area contributed by atoms with Crippen molar-refractivity contribution in [3.05, 3.63) is 29.3 Å². The van der Waals surface area contributed by atoms with Gasteiger partial charge in [0.05, 0.1) is 12.7 Å². The highest BCUT2D eigenvalue weighted by Crippen LogP contribution is 2.60. The van der Waals surface area contributed by atoms with Gasteiger partial charge in [0, 0.05) is 23.5 Å². The molecule has 6 rings (SSSR count). The summed E-state index contributed by atoms with van der Waals surface area (Å²) in [6.45, 7) is 3.34. The molecule has 0 aromatic heterocycles. The summed E-state index contributed by atoms with van der Waals surface area (Å²) >= 11 is 0. The Labute approximate surface area is 162 Å². The van der Waals surface area contributed by atoms with Crippen molar-refractivity contribution in [3.8, 4) is 5.75 Å². The Morgan fingerprint density at radius 2 is 2.07 bits per heavy atom. The molecule has 0 unspecified atom stereocenters. The van der Waals surface area contributed by atoms with Crippen LogP contribution in [0, 0.1) is 5.92 Å². The van der Waals surface area contributed by atoms with Crippen molar-refractivity contribution in [2.45, 2.75) is 74.0 Å². The molecule has 2 heterocycles. The van der Waals surface area contributed by atoms with Gasteiger partial charge in [-0.3, -0.25) is 4.90 Å². The van der Waals surface area contributed by atoms with Gasteiger partial charge in [0.1, 0.15) is 5.75 Å². The van der Waals surface area contributed by atoms with Crippen LogP contribution in [-0.4, -0.2) is 53.9 Å². The standard InChI is InChI=1S/C23H32N2O2/c1-27-18-5-4-17-12-20-23(26)15-21(6-7-21)24-10-8-22(23,19(17)13-18)9-11-25(20)14-16-2-3-16/h4-5,13,16,20,24,26H,2-3,6-12,14-15H2,1H3/t20-,22+,23-/m1/s1. The number of nitrogens with zero attached hydrogens (tertiary/aromatic N) is 1. The van der Waals surface area contributed by atoms with Crippen molar-refractivity contribution in [2.75, 3.05) is 26.7 Å². The van der Waals surface area contributed by atoms with Crippen LogP contribution in [0.3, 0.4) is 0 Å². The van der Waals surface area contributed by atoms with Gasteiger partial charge < -0.3 is 15.2 Å². The molecule has 4 nitrogen and oxygen atoms in total. The average molecular weight is 369 g/mol. The van der Waals surface area contributed by atoms with Crippen LogP contribution >= 0.6 is 0 Å². The zero-order valence-electron chi connectivity index (χ0n) is 16.5. The summed E-state index contributed by atoms with van der Waals surface area (Å²) in [7, 11) is 1.75. The van der Waals surface area contributed by atoms with E-state index >= 15 is 0 Å². The van der Waals surface area contributed by atoms with Crippen molar-refractivity contribution in [1.29, 1.82) is 0 Å². The average Bonchev–Trinajstić information content (AvgIpc) is 3.57. The number of likely N-dealkylation sites (tertiary alicyclic amines) is 1. The summed E-state index contributed by atoms with van der Waals surface area (Å²) < 4.78 is 5.59. The van der Waals surface area contributed by atoms with Crippen molar-refractivity contribution >= 4 is 0 Å². The van der Waals surface area contributed by atoms with E-state index in [4.69, 9.17) is 4.74 Å². The Balaban J connectivity index is 1.50. The lowest BCUT2D eigenvalue weighted by molar-refractivity contribution is -0.153. The number of fused-ring (bicyclic) bond motifs is 1. The molecule has 0 radical (unpaired) electrons. The summed E-state index contributed by atoms with van der Waals surface area (Å²) in [4.78, 5) is 2.67. The molecule has 4 heteroatoms. The molecule has 2 saturated carbocycles. The van der Waals surface area contributed by atoms with Crippen LogP contribution in [0.15, 0.2) is 18.2 Å². The number of ether oxygens (including phenoxy) is 1. The van der Waals surface area contributed by atoms with Gasteiger partial charge in [-0.05, 0) is 93.6 Å². The quantitative estimate of drug-likeness (QED) is 0.861. The molecule has 2 N–H and O–H groups in total. The van der Waals surface area contributed by atoms with Gasteiger partial charge in [-0.1, -0.05) is 6.07 Å². The normalized spacial score (nSPS) is 39.4. The monoisotopic (exact) mass is 368 g/mol. The minimum Gasteiger partial charge on any atom is -0.497 e. The highest BCUT2D eigenvalue weighted by Gasteiger charge is 2.67. The molecule has 3 aliphatic carbocycles.